The van der Waals surface area contributed by atoms with Gasteiger partial charge in [-0.1, -0.05) is 35.9 Å². The second-order valence-corrected chi connectivity index (χ2v) is 7.81. The Bertz CT molecular complexity index is 1340. The number of hydrogen-bond acceptors (Lipinski definition) is 6. The molecule has 0 aliphatic carbocycles. The summed E-state index contributed by atoms with van der Waals surface area (Å²) in [6.07, 6.45) is 0. The molecule has 0 saturated carbocycles. The van der Waals surface area contributed by atoms with Gasteiger partial charge in [-0.3, -0.25) is 14.7 Å². The number of para-hydroxylation sites is 1. The van der Waals surface area contributed by atoms with E-state index in [0.717, 1.165) is 22.6 Å². The van der Waals surface area contributed by atoms with E-state index < -0.39 is 5.91 Å². The van der Waals surface area contributed by atoms with Crippen LogP contribution in [0, 0.1) is 18.3 Å². The number of benzene rings is 2. The molecule has 0 bridgehead atoms. The number of aryl methyl sites for hydroxylation is 1. The van der Waals surface area contributed by atoms with Gasteiger partial charge in [0.1, 0.15) is 27.3 Å². The number of nitrogens with two attached hydrogens (primary N) is 1. The number of carbonyl (C=O) groups excluding carboxylic acids is 1. The molecule has 4 aromatic rings. The van der Waals surface area contributed by atoms with E-state index in [0.29, 0.717) is 10.7 Å². The first-order valence-corrected chi connectivity index (χ1v) is 10.1. The van der Waals surface area contributed by atoms with Crippen molar-refractivity contribution in [2.45, 2.75) is 6.92 Å². The highest BCUT2D eigenvalue weighted by atomic mass is 32.1. The van der Waals surface area contributed by atoms with Crippen molar-refractivity contribution in [3.63, 3.8) is 0 Å². The number of nitrogens with one attached hydrogen (secondary N) is 3. The highest BCUT2D eigenvalue weighted by Crippen LogP contribution is 2.37. The Kier molecular flexibility index (Phi) is 5.30. The van der Waals surface area contributed by atoms with Crippen molar-refractivity contribution < 1.29 is 4.79 Å². The van der Waals surface area contributed by atoms with Crippen LogP contribution in [-0.2, 0) is 0 Å². The van der Waals surface area contributed by atoms with Gasteiger partial charge in [0.25, 0.3) is 11.5 Å². The van der Waals surface area contributed by atoms with Crippen LogP contribution in [0.1, 0.15) is 20.8 Å². The summed E-state index contributed by atoms with van der Waals surface area (Å²) in [5.74, 6) is -0.296. The average molecular weight is 430 g/mol. The Morgan fingerprint density at radius 3 is 2.55 bits per heavy atom. The number of rotatable bonds is 5. The molecule has 0 saturated heterocycles. The summed E-state index contributed by atoms with van der Waals surface area (Å²) in [7, 11) is 0. The number of carbonyl (C=O) groups is 1. The first kappa shape index (κ1) is 20.0. The zero-order chi connectivity index (χ0) is 22.0. The number of amides is 1. The molecular formula is C22H18N6O2S. The maximum absolute atomic E-state index is 12.8. The van der Waals surface area contributed by atoms with E-state index in [1.165, 1.54) is 10.7 Å². The first-order valence-electron chi connectivity index (χ1n) is 9.31. The molecule has 2 heterocycles. The van der Waals surface area contributed by atoms with Crippen molar-refractivity contribution in [3.8, 4) is 11.8 Å². The first-order chi connectivity index (χ1) is 15.0. The third-order valence-electron chi connectivity index (χ3n) is 4.56. The quantitative estimate of drug-likeness (QED) is 0.381. The summed E-state index contributed by atoms with van der Waals surface area (Å²) in [5, 5.41) is 18.6. The van der Waals surface area contributed by atoms with Crippen LogP contribution < -0.4 is 21.9 Å². The maximum atomic E-state index is 12.8. The standard InChI is InChI=1S/C22H18N6O2S/c1-13-7-9-14(10-8-13)25-22-16(12-23)19(24)20(31-22)21(30)26-17-11-18(29)28(27-17)15-5-3-2-4-6-15/h2-11,25,27H,24H2,1H3,(H,26,30). The Labute approximate surface area is 181 Å². The maximum Gasteiger partial charge on any atom is 0.273 e. The fourth-order valence-corrected chi connectivity index (χ4v) is 3.97. The molecule has 2 aromatic carbocycles. The molecule has 8 nitrogen and oxygen atoms in total. The van der Waals surface area contributed by atoms with Crippen molar-refractivity contribution in [2.75, 3.05) is 16.4 Å². The molecule has 0 unspecified atom stereocenters. The van der Waals surface area contributed by atoms with Crippen molar-refractivity contribution in [2.24, 2.45) is 0 Å². The van der Waals surface area contributed by atoms with Crippen LogP contribution in [0.3, 0.4) is 0 Å². The van der Waals surface area contributed by atoms with Gasteiger partial charge in [-0.25, -0.2) is 4.68 Å². The van der Waals surface area contributed by atoms with Crippen LogP contribution in [0.4, 0.5) is 22.2 Å². The van der Waals surface area contributed by atoms with Gasteiger partial charge in [0.2, 0.25) is 0 Å². The van der Waals surface area contributed by atoms with E-state index in [9.17, 15) is 14.9 Å². The number of hydrogen-bond donors (Lipinski definition) is 4. The lowest BCUT2D eigenvalue weighted by Crippen LogP contribution is -2.13. The van der Waals surface area contributed by atoms with Gasteiger partial charge in [0, 0.05) is 11.8 Å². The van der Waals surface area contributed by atoms with Crippen molar-refractivity contribution in [1.29, 1.82) is 5.26 Å². The zero-order valence-electron chi connectivity index (χ0n) is 16.5. The molecule has 0 spiro atoms. The van der Waals surface area contributed by atoms with Gasteiger partial charge in [0.05, 0.1) is 11.4 Å². The molecule has 31 heavy (non-hydrogen) atoms. The van der Waals surface area contributed by atoms with Crippen LogP contribution in [0.25, 0.3) is 5.69 Å². The molecule has 0 atom stereocenters. The Balaban J connectivity index is 1.59. The van der Waals surface area contributed by atoms with Crippen LogP contribution in [0.15, 0.2) is 65.5 Å². The predicted molar refractivity (Wildman–Crippen MR) is 122 cm³/mol. The number of aromatic nitrogens is 2. The summed E-state index contributed by atoms with van der Waals surface area (Å²) in [4.78, 5) is 25.3. The van der Waals surface area contributed by atoms with Gasteiger partial charge in [-0.05, 0) is 31.2 Å². The minimum absolute atomic E-state index is 0.0875. The van der Waals surface area contributed by atoms with Gasteiger partial charge < -0.3 is 16.4 Å². The molecule has 4 rings (SSSR count). The largest absolute Gasteiger partial charge is 0.396 e. The lowest BCUT2D eigenvalue weighted by Gasteiger charge is -2.04. The lowest BCUT2D eigenvalue weighted by atomic mass is 10.2. The van der Waals surface area contributed by atoms with E-state index >= 15 is 0 Å². The number of nitrogens with zero attached hydrogens (tertiary/aromatic N) is 2. The van der Waals surface area contributed by atoms with E-state index in [2.05, 4.69) is 21.8 Å². The number of nitrogen functional groups attached to an aromatic ring is 1. The van der Waals surface area contributed by atoms with Crippen LogP contribution in [0.2, 0.25) is 0 Å². The third kappa shape index (κ3) is 4.05. The van der Waals surface area contributed by atoms with Crippen LogP contribution in [0.5, 0.6) is 0 Å². The topological polar surface area (TPSA) is 129 Å². The Morgan fingerprint density at radius 2 is 1.87 bits per heavy atom. The number of thiophene rings is 1. The summed E-state index contributed by atoms with van der Waals surface area (Å²) >= 11 is 1.08. The SMILES string of the molecule is Cc1ccc(Nc2sc(C(=O)Nc3cc(=O)n(-c4ccccc4)[nH]3)c(N)c2C#N)cc1. The summed E-state index contributed by atoms with van der Waals surface area (Å²) in [5.41, 5.74) is 8.57. The molecule has 154 valence electrons. The highest BCUT2D eigenvalue weighted by Gasteiger charge is 2.22. The smallest absolute Gasteiger partial charge is 0.273 e. The fraction of sp³-hybridized carbons (Fsp3) is 0.0455. The van der Waals surface area contributed by atoms with Crippen molar-refractivity contribution in [1.82, 2.24) is 9.78 Å². The zero-order valence-corrected chi connectivity index (χ0v) is 17.3. The van der Waals surface area contributed by atoms with Crippen molar-refractivity contribution in [3.05, 3.63) is 87.0 Å². The number of aromatic amines is 1. The number of anilines is 4. The molecule has 0 radical (unpaired) electrons. The predicted octanol–water partition coefficient (Wildman–Crippen LogP) is 3.99. The van der Waals surface area contributed by atoms with Crippen LogP contribution in [-0.4, -0.2) is 15.7 Å². The molecular weight excluding hydrogens is 412 g/mol. The van der Waals surface area contributed by atoms with Gasteiger partial charge >= 0.3 is 0 Å². The Hall–Kier alpha value is -4.29. The fourth-order valence-electron chi connectivity index (χ4n) is 2.99. The van der Waals surface area contributed by atoms with Crippen LogP contribution >= 0.6 is 11.3 Å². The monoisotopic (exact) mass is 430 g/mol. The second kappa shape index (κ2) is 8.22. The molecule has 9 heteroatoms. The van der Waals surface area contributed by atoms with E-state index in [-0.39, 0.29) is 27.5 Å². The van der Waals surface area contributed by atoms with Crippen molar-refractivity contribution >= 4 is 39.4 Å². The third-order valence-corrected chi connectivity index (χ3v) is 5.68. The van der Waals surface area contributed by atoms with E-state index in [1.807, 2.05) is 37.3 Å². The Morgan fingerprint density at radius 1 is 1.16 bits per heavy atom. The molecule has 0 fully saturated rings. The summed E-state index contributed by atoms with van der Waals surface area (Å²) in [6, 6.07) is 19.9. The highest BCUT2D eigenvalue weighted by molar-refractivity contribution is 7.19. The second-order valence-electron chi connectivity index (χ2n) is 6.78. The summed E-state index contributed by atoms with van der Waals surface area (Å²) in [6.45, 7) is 1.98. The minimum atomic E-state index is -0.516. The van der Waals surface area contributed by atoms with Gasteiger partial charge in [0.15, 0.2) is 0 Å². The minimum Gasteiger partial charge on any atom is -0.396 e. The molecule has 5 N–H and O–H groups in total. The number of H-pyrrole nitrogens is 1. The van der Waals surface area contributed by atoms with Gasteiger partial charge in [-0.15, -0.1) is 11.3 Å². The van der Waals surface area contributed by atoms with Gasteiger partial charge in [-0.2, -0.15) is 5.26 Å². The normalized spacial score (nSPS) is 10.5. The van der Waals surface area contributed by atoms with E-state index in [1.54, 1.807) is 24.3 Å². The molecule has 2 aromatic heterocycles. The average Bonchev–Trinajstić information content (AvgIpc) is 3.29. The number of nitriles is 1. The molecule has 0 aliphatic rings. The lowest BCUT2D eigenvalue weighted by molar-refractivity contribution is 0.103. The summed E-state index contributed by atoms with van der Waals surface area (Å²) < 4.78 is 1.32. The molecule has 0 aliphatic heterocycles. The van der Waals surface area contributed by atoms with E-state index in [4.69, 9.17) is 5.73 Å². The molecule has 1 amide bonds.